The van der Waals surface area contributed by atoms with Crippen LogP contribution < -0.4 is 10.6 Å². The van der Waals surface area contributed by atoms with Crippen molar-refractivity contribution in [2.45, 2.75) is 25.6 Å². The number of aromatic nitrogens is 5. The molecule has 0 fully saturated rings. The summed E-state index contributed by atoms with van der Waals surface area (Å²) in [5.74, 6) is -0.149. The number of carbonyl (C=O) groups is 1. The highest BCUT2D eigenvalue weighted by Crippen LogP contribution is 2.31. The van der Waals surface area contributed by atoms with E-state index in [1.54, 1.807) is 24.8 Å². The smallest absolute Gasteiger partial charge is 0.252 e. The van der Waals surface area contributed by atoms with E-state index in [0.29, 0.717) is 31.7 Å². The van der Waals surface area contributed by atoms with Crippen LogP contribution in [0.15, 0.2) is 140 Å². The van der Waals surface area contributed by atoms with Crippen LogP contribution in [0.4, 0.5) is 5.69 Å². The zero-order valence-electron chi connectivity index (χ0n) is 27.0. The molecule has 5 heterocycles. The van der Waals surface area contributed by atoms with Gasteiger partial charge in [0.2, 0.25) is 0 Å². The molecule has 0 radical (unpaired) electrons. The Labute approximate surface area is 285 Å². The first-order chi connectivity index (χ1) is 24.2. The van der Waals surface area contributed by atoms with E-state index in [0.717, 1.165) is 56.7 Å². The van der Waals surface area contributed by atoms with E-state index in [2.05, 4.69) is 32.7 Å². The SMILES string of the molecule is O=C(NCCCNc1c2ccccc2nc2ccccc12)c1ccc(CN(Cc2ccccn2)C(c2ccccn2)c2ccccn2)nc1. The van der Waals surface area contributed by atoms with E-state index in [1.807, 2.05) is 103 Å². The van der Waals surface area contributed by atoms with Crippen LogP contribution in [0.3, 0.4) is 0 Å². The van der Waals surface area contributed by atoms with Crippen LogP contribution in [-0.2, 0) is 13.1 Å². The van der Waals surface area contributed by atoms with Gasteiger partial charge in [-0.05, 0) is 67.1 Å². The molecular formula is C40H36N8O. The van der Waals surface area contributed by atoms with Crippen LogP contribution in [0, 0.1) is 0 Å². The van der Waals surface area contributed by atoms with E-state index in [1.165, 1.54) is 0 Å². The van der Waals surface area contributed by atoms with E-state index in [9.17, 15) is 4.79 Å². The second-order valence-corrected chi connectivity index (χ2v) is 11.7. The minimum Gasteiger partial charge on any atom is -0.384 e. The Bertz CT molecular complexity index is 2030. The molecule has 0 aliphatic carbocycles. The van der Waals surface area contributed by atoms with Crippen molar-refractivity contribution >= 4 is 33.4 Å². The van der Waals surface area contributed by atoms with Crippen molar-refractivity contribution in [3.8, 4) is 0 Å². The largest absolute Gasteiger partial charge is 0.384 e. The van der Waals surface area contributed by atoms with E-state index < -0.39 is 0 Å². The number of benzene rings is 2. The number of rotatable bonds is 13. The van der Waals surface area contributed by atoms with Gasteiger partial charge in [-0.3, -0.25) is 29.6 Å². The van der Waals surface area contributed by atoms with Crippen molar-refractivity contribution in [1.82, 2.24) is 35.1 Å². The van der Waals surface area contributed by atoms with Crippen LogP contribution in [0.5, 0.6) is 0 Å². The Morgan fingerprint density at radius 3 is 1.78 bits per heavy atom. The number of para-hydroxylation sites is 2. The van der Waals surface area contributed by atoms with Gasteiger partial charge in [-0.25, -0.2) is 4.98 Å². The molecule has 9 nitrogen and oxygen atoms in total. The molecule has 2 N–H and O–H groups in total. The molecule has 0 aliphatic rings. The molecule has 49 heavy (non-hydrogen) atoms. The van der Waals surface area contributed by atoms with Gasteiger partial charge in [-0.15, -0.1) is 0 Å². The second-order valence-electron chi connectivity index (χ2n) is 11.7. The lowest BCUT2D eigenvalue weighted by Gasteiger charge is -2.30. The number of pyridine rings is 5. The molecule has 0 aliphatic heterocycles. The van der Waals surface area contributed by atoms with Gasteiger partial charge in [-0.2, -0.15) is 0 Å². The summed E-state index contributed by atoms with van der Waals surface area (Å²) in [7, 11) is 0. The summed E-state index contributed by atoms with van der Waals surface area (Å²) in [5.41, 5.74) is 7.01. The number of carbonyl (C=O) groups excluding carboxylic acids is 1. The minimum atomic E-state index is -0.231. The van der Waals surface area contributed by atoms with Crippen LogP contribution in [0.2, 0.25) is 0 Å². The first-order valence-corrected chi connectivity index (χ1v) is 16.4. The van der Waals surface area contributed by atoms with Crippen LogP contribution >= 0.6 is 0 Å². The molecule has 0 atom stereocenters. The molecule has 242 valence electrons. The van der Waals surface area contributed by atoms with Gasteiger partial charge in [0, 0.05) is 61.7 Å². The monoisotopic (exact) mass is 644 g/mol. The summed E-state index contributed by atoms with van der Waals surface area (Å²) in [6.07, 6.45) is 7.81. The molecule has 1 amide bonds. The number of hydrogen-bond donors (Lipinski definition) is 2. The minimum absolute atomic E-state index is 0.149. The lowest BCUT2D eigenvalue weighted by Crippen LogP contribution is -2.31. The summed E-state index contributed by atoms with van der Waals surface area (Å²) in [5, 5.41) is 8.81. The van der Waals surface area contributed by atoms with Gasteiger partial charge >= 0.3 is 0 Å². The molecule has 2 aromatic carbocycles. The zero-order valence-corrected chi connectivity index (χ0v) is 27.0. The number of fused-ring (bicyclic) bond motifs is 2. The Kier molecular flexibility index (Phi) is 9.80. The van der Waals surface area contributed by atoms with Crippen molar-refractivity contribution in [2.75, 3.05) is 18.4 Å². The fourth-order valence-corrected chi connectivity index (χ4v) is 6.04. The topological polar surface area (TPSA) is 109 Å². The summed E-state index contributed by atoms with van der Waals surface area (Å²) < 4.78 is 0. The van der Waals surface area contributed by atoms with Crippen molar-refractivity contribution in [3.63, 3.8) is 0 Å². The Balaban J connectivity index is 1.01. The first-order valence-electron chi connectivity index (χ1n) is 16.4. The molecule has 0 saturated heterocycles. The third kappa shape index (κ3) is 7.58. The zero-order chi connectivity index (χ0) is 33.3. The Hall–Kier alpha value is -6.06. The van der Waals surface area contributed by atoms with Crippen molar-refractivity contribution in [3.05, 3.63) is 168 Å². The average Bonchev–Trinajstić information content (AvgIpc) is 3.16. The molecule has 7 rings (SSSR count). The summed E-state index contributed by atoms with van der Waals surface area (Å²) in [6, 6.07) is 37.6. The standard InChI is InChI=1S/C40H36N8O/c49-40(45-25-11-24-44-38-32-13-1-3-15-34(32)47-35-16-4-2-14-33(35)38)29-19-20-31(46-26-29)28-48(27-30-12-5-8-21-41-30)39(36-17-6-9-22-42-36)37-18-7-10-23-43-37/h1-10,12-23,26,39H,11,24-25,27-28H2,(H,44,47)(H,45,49). The highest BCUT2D eigenvalue weighted by Gasteiger charge is 2.26. The quantitative estimate of drug-likeness (QED) is 0.102. The lowest BCUT2D eigenvalue weighted by molar-refractivity contribution is 0.0953. The highest BCUT2D eigenvalue weighted by molar-refractivity contribution is 6.07. The highest BCUT2D eigenvalue weighted by atomic mass is 16.1. The molecule has 5 aromatic heterocycles. The van der Waals surface area contributed by atoms with Gasteiger partial charge in [-0.1, -0.05) is 54.6 Å². The lowest BCUT2D eigenvalue weighted by atomic mass is 10.1. The second kappa shape index (κ2) is 15.2. The number of nitrogens with zero attached hydrogens (tertiary/aromatic N) is 6. The predicted octanol–water partition coefficient (Wildman–Crippen LogP) is 6.99. The number of nitrogens with one attached hydrogen (secondary N) is 2. The average molecular weight is 645 g/mol. The van der Waals surface area contributed by atoms with Crippen LogP contribution in [-0.4, -0.2) is 48.8 Å². The van der Waals surface area contributed by atoms with Gasteiger partial charge in [0.25, 0.3) is 5.91 Å². The van der Waals surface area contributed by atoms with Gasteiger partial charge < -0.3 is 10.6 Å². The molecule has 0 bridgehead atoms. The third-order valence-corrected chi connectivity index (χ3v) is 8.37. The summed E-state index contributed by atoms with van der Waals surface area (Å²) in [6.45, 7) is 2.29. The normalized spacial score (nSPS) is 11.3. The van der Waals surface area contributed by atoms with Crippen molar-refractivity contribution < 1.29 is 4.79 Å². The van der Waals surface area contributed by atoms with E-state index in [4.69, 9.17) is 19.9 Å². The van der Waals surface area contributed by atoms with E-state index >= 15 is 0 Å². The van der Waals surface area contributed by atoms with Gasteiger partial charge in [0.05, 0.1) is 51.1 Å². The molecule has 0 unspecified atom stereocenters. The maximum atomic E-state index is 13.1. The number of hydrogen-bond acceptors (Lipinski definition) is 8. The Morgan fingerprint density at radius 1 is 0.612 bits per heavy atom. The number of anilines is 1. The van der Waals surface area contributed by atoms with Gasteiger partial charge in [0.1, 0.15) is 0 Å². The van der Waals surface area contributed by atoms with Crippen LogP contribution in [0.25, 0.3) is 21.8 Å². The van der Waals surface area contributed by atoms with Crippen molar-refractivity contribution in [1.29, 1.82) is 0 Å². The fourth-order valence-electron chi connectivity index (χ4n) is 6.04. The fraction of sp³-hybridized carbons (Fsp3) is 0.150. The maximum Gasteiger partial charge on any atom is 0.252 e. The van der Waals surface area contributed by atoms with Gasteiger partial charge in [0.15, 0.2) is 0 Å². The maximum absolute atomic E-state index is 13.1. The molecular weight excluding hydrogens is 608 g/mol. The summed E-state index contributed by atoms with van der Waals surface area (Å²) in [4.78, 5) is 38.8. The predicted molar refractivity (Wildman–Crippen MR) is 193 cm³/mol. The Morgan fingerprint density at radius 2 is 1.20 bits per heavy atom. The number of amides is 1. The molecule has 7 aromatic rings. The van der Waals surface area contributed by atoms with E-state index in [-0.39, 0.29) is 11.9 Å². The summed E-state index contributed by atoms with van der Waals surface area (Å²) >= 11 is 0. The van der Waals surface area contributed by atoms with Crippen LogP contribution in [0.1, 0.15) is 45.6 Å². The third-order valence-electron chi connectivity index (χ3n) is 8.37. The first kappa shape index (κ1) is 31.5. The molecule has 0 saturated carbocycles. The molecule has 9 heteroatoms. The van der Waals surface area contributed by atoms with Crippen molar-refractivity contribution in [2.24, 2.45) is 0 Å². The molecule has 0 spiro atoms.